The Morgan fingerprint density at radius 3 is 1.79 bits per heavy atom. The minimum atomic E-state index is -0.529. The van der Waals surface area contributed by atoms with Crippen molar-refractivity contribution in [2.75, 3.05) is 19.7 Å². The summed E-state index contributed by atoms with van der Waals surface area (Å²) in [6.07, 6.45) is 19.5. The molecule has 0 saturated carbocycles. The molecule has 1 aliphatic rings. The van der Waals surface area contributed by atoms with E-state index in [-0.39, 0.29) is 11.8 Å². The lowest BCUT2D eigenvalue weighted by Gasteiger charge is -2.22. The van der Waals surface area contributed by atoms with Crippen molar-refractivity contribution in [1.29, 1.82) is 0 Å². The third-order valence-corrected chi connectivity index (χ3v) is 5.49. The maximum Gasteiger partial charge on any atom is 0.257 e. The molecule has 2 N–H and O–H groups in total. The van der Waals surface area contributed by atoms with Crippen molar-refractivity contribution in [3.63, 3.8) is 0 Å². The lowest BCUT2D eigenvalue weighted by molar-refractivity contribution is -0.139. The Kier molecular flexibility index (Phi) is 16.2. The van der Waals surface area contributed by atoms with Gasteiger partial charge >= 0.3 is 0 Å². The lowest BCUT2D eigenvalue weighted by Crippen LogP contribution is -2.49. The average molecular weight is 397 g/mol. The van der Waals surface area contributed by atoms with E-state index >= 15 is 0 Å². The summed E-state index contributed by atoms with van der Waals surface area (Å²) < 4.78 is 5.34. The minimum Gasteiger partial charge on any atom is -0.366 e. The Hall–Kier alpha value is -0.940. The third kappa shape index (κ3) is 14.1. The normalized spacial score (nSPS) is 16.8. The van der Waals surface area contributed by atoms with E-state index in [2.05, 4.69) is 17.6 Å². The Labute approximate surface area is 172 Å². The van der Waals surface area contributed by atoms with E-state index in [1.54, 1.807) is 0 Å². The molecule has 1 atom stereocenters. The van der Waals surface area contributed by atoms with Crippen LogP contribution in [0.2, 0.25) is 0 Å². The molecule has 0 aromatic heterocycles. The molecule has 164 valence electrons. The molecule has 0 aliphatic carbocycles. The van der Waals surface area contributed by atoms with Gasteiger partial charge in [0.15, 0.2) is 0 Å². The summed E-state index contributed by atoms with van der Waals surface area (Å²) in [6, 6.07) is 0. The van der Waals surface area contributed by atoms with E-state index in [0.29, 0.717) is 19.6 Å². The van der Waals surface area contributed by atoms with Crippen LogP contribution in [0.3, 0.4) is 0 Å². The molecule has 0 bridgehead atoms. The number of rotatable bonds is 17. The summed E-state index contributed by atoms with van der Waals surface area (Å²) >= 11 is 0. The van der Waals surface area contributed by atoms with Gasteiger partial charge in [0.2, 0.25) is 5.91 Å². The first-order valence-electron chi connectivity index (χ1n) is 11.9. The van der Waals surface area contributed by atoms with Crippen molar-refractivity contribution in [3.05, 3.63) is 0 Å². The smallest absolute Gasteiger partial charge is 0.257 e. The number of carbonyl (C=O) groups excluding carboxylic acids is 2. The van der Waals surface area contributed by atoms with Crippen LogP contribution in [0.25, 0.3) is 0 Å². The monoisotopic (exact) mass is 396 g/mol. The van der Waals surface area contributed by atoms with Crippen LogP contribution in [0, 0.1) is 0 Å². The molecule has 5 heteroatoms. The SMILES string of the molecule is CCCCCCCCCCCCCCCCCC(=O)NC(=O)C1CNCCO1. The molecule has 0 spiro atoms. The summed E-state index contributed by atoms with van der Waals surface area (Å²) in [5.74, 6) is -0.480. The summed E-state index contributed by atoms with van der Waals surface area (Å²) in [5, 5.41) is 5.55. The van der Waals surface area contributed by atoms with Crippen LogP contribution in [0.1, 0.15) is 110 Å². The van der Waals surface area contributed by atoms with E-state index in [4.69, 9.17) is 4.74 Å². The van der Waals surface area contributed by atoms with E-state index in [0.717, 1.165) is 19.4 Å². The average Bonchev–Trinajstić information content (AvgIpc) is 2.71. The first-order chi connectivity index (χ1) is 13.7. The van der Waals surface area contributed by atoms with Gasteiger partial charge in [-0.2, -0.15) is 0 Å². The van der Waals surface area contributed by atoms with Crippen molar-refractivity contribution in [2.45, 2.75) is 116 Å². The second kappa shape index (κ2) is 18.1. The maximum absolute atomic E-state index is 11.9. The molecule has 1 aliphatic heterocycles. The molecule has 1 heterocycles. The van der Waals surface area contributed by atoms with E-state index < -0.39 is 6.10 Å². The van der Waals surface area contributed by atoms with Crippen LogP contribution in [-0.2, 0) is 14.3 Å². The van der Waals surface area contributed by atoms with E-state index in [1.807, 2.05) is 0 Å². The van der Waals surface area contributed by atoms with Gasteiger partial charge in [0.25, 0.3) is 5.91 Å². The molecule has 0 aromatic rings. The third-order valence-electron chi connectivity index (χ3n) is 5.49. The molecule has 1 fully saturated rings. The van der Waals surface area contributed by atoms with Gasteiger partial charge in [-0.1, -0.05) is 96.8 Å². The molecule has 0 radical (unpaired) electrons. The van der Waals surface area contributed by atoms with Gasteiger partial charge in [-0.15, -0.1) is 0 Å². The number of morpholine rings is 1. The predicted octanol–water partition coefficient (Wildman–Crippen LogP) is 4.88. The summed E-state index contributed by atoms with van der Waals surface area (Å²) in [5.41, 5.74) is 0. The molecule has 28 heavy (non-hydrogen) atoms. The van der Waals surface area contributed by atoms with Crippen LogP contribution in [0.15, 0.2) is 0 Å². The maximum atomic E-state index is 11.9. The van der Waals surface area contributed by atoms with Gasteiger partial charge in [-0.3, -0.25) is 14.9 Å². The summed E-state index contributed by atoms with van der Waals surface area (Å²) in [4.78, 5) is 23.7. The highest BCUT2D eigenvalue weighted by atomic mass is 16.5. The number of hydrogen-bond acceptors (Lipinski definition) is 4. The summed E-state index contributed by atoms with van der Waals surface area (Å²) in [7, 11) is 0. The van der Waals surface area contributed by atoms with Crippen LogP contribution >= 0.6 is 0 Å². The van der Waals surface area contributed by atoms with Crippen LogP contribution in [-0.4, -0.2) is 37.6 Å². The number of amides is 2. The zero-order chi connectivity index (χ0) is 20.3. The predicted molar refractivity (Wildman–Crippen MR) is 115 cm³/mol. The number of unbranched alkanes of at least 4 members (excludes halogenated alkanes) is 14. The zero-order valence-electron chi connectivity index (χ0n) is 18.2. The molecule has 1 unspecified atom stereocenters. The fourth-order valence-electron chi connectivity index (χ4n) is 3.67. The number of ether oxygens (including phenoxy) is 1. The second-order valence-electron chi connectivity index (χ2n) is 8.18. The molecule has 5 nitrogen and oxygen atoms in total. The first-order valence-corrected chi connectivity index (χ1v) is 11.9. The molecule has 2 amide bonds. The van der Waals surface area contributed by atoms with Crippen molar-refractivity contribution in [3.8, 4) is 0 Å². The highest BCUT2D eigenvalue weighted by Crippen LogP contribution is 2.13. The van der Waals surface area contributed by atoms with Gasteiger partial charge in [-0.25, -0.2) is 0 Å². The molecular weight excluding hydrogens is 352 g/mol. The van der Waals surface area contributed by atoms with Gasteiger partial charge < -0.3 is 10.1 Å². The number of nitrogens with one attached hydrogen (secondary N) is 2. The number of hydrogen-bond donors (Lipinski definition) is 2. The van der Waals surface area contributed by atoms with Gasteiger partial charge in [0.1, 0.15) is 6.10 Å². The van der Waals surface area contributed by atoms with Crippen molar-refractivity contribution >= 4 is 11.8 Å². The molecule has 1 saturated heterocycles. The Bertz CT molecular complexity index is 395. The standard InChI is InChI=1S/C23H44N2O3/c1-2-3-4-5-6-7-8-9-10-11-12-13-14-15-16-17-22(26)25-23(27)21-20-24-18-19-28-21/h21,24H,2-20H2,1H3,(H,25,26,27). The Morgan fingerprint density at radius 2 is 1.32 bits per heavy atom. The lowest BCUT2D eigenvalue weighted by atomic mass is 10.0. The fourth-order valence-corrected chi connectivity index (χ4v) is 3.67. The van der Waals surface area contributed by atoms with Crippen molar-refractivity contribution < 1.29 is 14.3 Å². The van der Waals surface area contributed by atoms with Crippen molar-refractivity contribution in [1.82, 2.24) is 10.6 Å². The van der Waals surface area contributed by atoms with E-state index in [9.17, 15) is 9.59 Å². The second-order valence-corrected chi connectivity index (χ2v) is 8.18. The van der Waals surface area contributed by atoms with E-state index in [1.165, 1.54) is 83.5 Å². The molecular formula is C23H44N2O3. The first kappa shape index (κ1) is 25.1. The van der Waals surface area contributed by atoms with Crippen molar-refractivity contribution in [2.24, 2.45) is 0 Å². The highest BCUT2D eigenvalue weighted by Gasteiger charge is 2.22. The molecule has 0 aromatic carbocycles. The largest absolute Gasteiger partial charge is 0.366 e. The van der Waals surface area contributed by atoms with Crippen LogP contribution < -0.4 is 10.6 Å². The zero-order valence-corrected chi connectivity index (χ0v) is 18.2. The van der Waals surface area contributed by atoms with Gasteiger partial charge in [0, 0.05) is 19.5 Å². The number of carbonyl (C=O) groups is 2. The van der Waals surface area contributed by atoms with Crippen LogP contribution in [0.5, 0.6) is 0 Å². The quantitative estimate of drug-likeness (QED) is 0.344. The van der Waals surface area contributed by atoms with Crippen LogP contribution in [0.4, 0.5) is 0 Å². The molecule has 1 rings (SSSR count). The fraction of sp³-hybridized carbons (Fsp3) is 0.913. The minimum absolute atomic E-state index is 0.172. The van der Waals surface area contributed by atoms with Gasteiger partial charge in [0.05, 0.1) is 6.61 Å². The summed E-state index contributed by atoms with van der Waals surface area (Å²) in [6.45, 7) is 4.03. The Balaban J connectivity index is 1.80. The topological polar surface area (TPSA) is 67.4 Å². The van der Waals surface area contributed by atoms with Gasteiger partial charge in [-0.05, 0) is 6.42 Å². The highest BCUT2D eigenvalue weighted by molar-refractivity contribution is 5.97. The Morgan fingerprint density at radius 1 is 0.821 bits per heavy atom. The number of imide groups is 1.